The van der Waals surface area contributed by atoms with Crippen molar-refractivity contribution in [3.05, 3.63) is 11.6 Å². The Morgan fingerprint density at radius 3 is 1.67 bits per heavy atom. The highest BCUT2D eigenvalue weighted by molar-refractivity contribution is 6.25. The standard InChI is InChI=1S/C3H5Cl.CH4O/c1-2-3-4;1-2/h2-3H,1H3;2H,1H3. The Bertz CT molecular complexity index is 22.7. The molecule has 0 fully saturated rings. The summed E-state index contributed by atoms with van der Waals surface area (Å²) in [6, 6.07) is 0. The smallest absolute Gasteiger partial charge is 0.0319 e. The minimum atomic E-state index is 1.00. The second kappa shape index (κ2) is 20.1. The van der Waals surface area contributed by atoms with E-state index in [1.54, 1.807) is 6.08 Å². The minimum absolute atomic E-state index is 1.00. The van der Waals surface area contributed by atoms with E-state index in [4.69, 9.17) is 16.7 Å². The van der Waals surface area contributed by atoms with Gasteiger partial charge in [-0.15, -0.1) is 0 Å². The third kappa shape index (κ3) is 36.4. The molecular weight excluding hydrogens is 99.5 g/mol. The first-order chi connectivity index (χ1) is 2.91. The zero-order chi connectivity index (χ0) is 5.41. The first kappa shape index (κ1) is 9.37. The minimum Gasteiger partial charge on any atom is -0.400 e. The Balaban J connectivity index is 0. The Morgan fingerprint density at radius 2 is 1.67 bits per heavy atom. The summed E-state index contributed by atoms with van der Waals surface area (Å²) in [6.07, 6.45) is 1.77. The third-order valence-corrected chi connectivity index (χ3v) is 0.378. The molecule has 0 saturated heterocycles. The second-order valence-corrected chi connectivity index (χ2v) is 0.711. The molecule has 0 atom stereocenters. The molecule has 0 heterocycles. The van der Waals surface area contributed by atoms with E-state index < -0.39 is 0 Å². The molecule has 0 aromatic heterocycles. The van der Waals surface area contributed by atoms with Crippen LogP contribution in [0.15, 0.2) is 11.6 Å². The predicted molar refractivity (Wildman–Crippen MR) is 28.8 cm³/mol. The van der Waals surface area contributed by atoms with Gasteiger partial charge >= 0.3 is 0 Å². The lowest BCUT2D eigenvalue weighted by atomic mass is 10.8. The summed E-state index contributed by atoms with van der Waals surface area (Å²) < 4.78 is 0. The SMILES string of the molecule is CC=CCl.CO. The van der Waals surface area contributed by atoms with Crippen molar-refractivity contribution in [2.24, 2.45) is 0 Å². The van der Waals surface area contributed by atoms with Gasteiger partial charge in [-0.3, -0.25) is 0 Å². The van der Waals surface area contributed by atoms with E-state index in [2.05, 4.69) is 0 Å². The van der Waals surface area contributed by atoms with Crippen LogP contribution in [0.5, 0.6) is 0 Å². The van der Waals surface area contributed by atoms with Crippen LogP contribution in [0.2, 0.25) is 0 Å². The zero-order valence-corrected chi connectivity index (χ0v) is 4.74. The number of hydrogen-bond acceptors (Lipinski definition) is 1. The molecule has 0 radical (unpaired) electrons. The summed E-state index contributed by atoms with van der Waals surface area (Å²) in [5.41, 5.74) is 1.47. The lowest BCUT2D eigenvalue weighted by molar-refractivity contribution is 0.399. The fourth-order valence-electron chi connectivity index (χ4n) is 0. The molecule has 0 aromatic carbocycles. The predicted octanol–water partition coefficient (Wildman–Crippen LogP) is 1.37. The highest BCUT2D eigenvalue weighted by atomic mass is 35.5. The molecule has 0 aromatic rings. The van der Waals surface area contributed by atoms with Crippen LogP contribution in [0.25, 0.3) is 0 Å². The molecule has 0 saturated carbocycles. The maximum absolute atomic E-state index is 7.00. The Morgan fingerprint density at radius 1 is 1.50 bits per heavy atom. The molecule has 0 rings (SSSR count). The summed E-state index contributed by atoms with van der Waals surface area (Å²) >= 11 is 5.01. The van der Waals surface area contributed by atoms with Gasteiger partial charge in [0.2, 0.25) is 0 Å². The van der Waals surface area contributed by atoms with Crippen molar-refractivity contribution < 1.29 is 5.11 Å². The average molecular weight is 109 g/mol. The Hall–Kier alpha value is -0.0100. The van der Waals surface area contributed by atoms with Crippen LogP contribution in [0, 0.1) is 0 Å². The van der Waals surface area contributed by atoms with Crippen molar-refractivity contribution in [2.75, 3.05) is 7.11 Å². The molecule has 0 unspecified atom stereocenters. The van der Waals surface area contributed by atoms with Crippen LogP contribution in [0.4, 0.5) is 0 Å². The van der Waals surface area contributed by atoms with Crippen molar-refractivity contribution >= 4 is 11.6 Å². The molecule has 1 N–H and O–H groups in total. The first-order valence-corrected chi connectivity index (χ1v) is 2.01. The average Bonchev–Trinajstić information content (AvgIpc) is 1.72. The van der Waals surface area contributed by atoms with Crippen LogP contribution in [0.1, 0.15) is 6.92 Å². The van der Waals surface area contributed by atoms with Gasteiger partial charge in [0, 0.05) is 7.11 Å². The summed E-state index contributed by atoms with van der Waals surface area (Å²) in [6.45, 7) is 1.87. The number of hydrogen-bond donors (Lipinski definition) is 1. The van der Waals surface area contributed by atoms with Crippen LogP contribution in [0.3, 0.4) is 0 Å². The lowest BCUT2D eigenvalue weighted by Gasteiger charge is -1.46. The number of allylic oxidation sites excluding steroid dienone is 1. The van der Waals surface area contributed by atoms with Gasteiger partial charge in [-0.05, 0) is 12.5 Å². The van der Waals surface area contributed by atoms with E-state index in [1.165, 1.54) is 5.54 Å². The largest absolute Gasteiger partial charge is 0.400 e. The van der Waals surface area contributed by atoms with E-state index in [0.29, 0.717) is 0 Å². The monoisotopic (exact) mass is 108 g/mol. The van der Waals surface area contributed by atoms with E-state index in [0.717, 1.165) is 7.11 Å². The van der Waals surface area contributed by atoms with Crippen molar-refractivity contribution in [3.8, 4) is 0 Å². The highest BCUT2D eigenvalue weighted by Crippen LogP contribution is 1.70. The van der Waals surface area contributed by atoms with Gasteiger partial charge in [-0.2, -0.15) is 0 Å². The Kier molecular flexibility index (Phi) is 31.3. The van der Waals surface area contributed by atoms with E-state index in [9.17, 15) is 0 Å². The lowest BCUT2D eigenvalue weighted by Crippen LogP contribution is -1.25. The summed E-state index contributed by atoms with van der Waals surface area (Å²) in [5.74, 6) is 0. The van der Waals surface area contributed by atoms with Gasteiger partial charge in [0.1, 0.15) is 0 Å². The van der Waals surface area contributed by atoms with Gasteiger partial charge < -0.3 is 5.11 Å². The van der Waals surface area contributed by atoms with Crippen molar-refractivity contribution in [1.29, 1.82) is 0 Å². The normalized spacial score (nSPS) is 7.33. The molecule has 0 aliphatic heterocycles. The van der Waals surface area contributed by atoms with Gasteiger partial charge in [-0.25, -0.2) is 0 Å². The van der Waals surface area contributed by atoms with Crippen molar-refractivity contribution in [3.63, 3.8) is 0 Å². The second-order valence-electron chi connectivity index (χ2n) is 0.459. The number of halogens is 1. The molecule has 1 nitrogen and oxygen atoms in total. The van der Waals surface area contributed by atoms with E-state index in [-0.39, 0.29) is 0 Å². The topological polar surface area (TPSA) is 20.2 Å². The molecule has 6 heavy (non-hydrogen) atoms. The molecule has 0 aliphatic rings. The van der Waals surface area contributed by atoms with Crippen LogP contribution in [-0.4, -0.2) is 12.2 Å². The zero-order valence-electron chi connectivity index (χ0n) is 3.98. The van der Waals surface area contributed by atoms with E-state index >= 15 is 0 Å². The maximum atomic E-state index is 7.00. The van der Waals surface area contributed by atoms with E-state index in [1.807, 2.05) is 6.92 Å². The molecule has 38 valence electrons. The molecule has 0 aliphatic carbocycles. The molecule has 0 amide bonds. The molecular formula is C4H9ClO. The molecule has 0 bridgehead atoms. The van der Waals surface area contributed by atoms with Crippen molar-refractivity contribution in [1.82, 2.24) is 0 Å². The molecule has 2 heteroatoms. The summed E-state index contributed by atoms with van der Waals surface area (Å²) in [4.78, 5) is 0. The molecule has 0 spiro atoms. The fraction of sp³-hybridized carbons (Fsp3) is 0.500. The Labute approximate surface area is 43.2 Å². The van der Waals surface area contributed by atoms with Gasteiger partial charge in [-0.1, -0.05) is 17.7 Å². The highest BCUT2D eigenvalue weighted by Gasteiger charge is 1.37. The van der Waals surface area contributed by atoms with Crippen LogP contribution < -0.4 is 0 Å². The van der Waals surface area contributed by atoms with Crippen LogP contribution >= 0.6 is 11.6 Å². The number of aliphatic hydroxyl groups is 1. The third-order valence-electron chi connectivity index (χ3n) is 0.126. The van der Waals surface area contributed by atoms with Crippen LogP contribution in [-0.2, 0) is 0 Å². The van der Waals surface area contributed by atoms with Gasteiger partial charge in [0.05, 0.1) is 0 Å². The van der Waals surface area contributed by atoms with Gasteiger partial charge in [0.25, 0.3) is 0 Å². The number of aliphatic hydroxyl groups excluding tert-OH is 1. The quantitative estimate of drug-likeness (QED) is 0.497. The van der Waals surface area contributed by atoms with Crippen molar-refractivity contribution in [2.45, 2.75) is 6.92 Å². The maximum Gasteiger partial charge on any atom is 0.0319 e. The van der Waals surface area contributed by atoms with Gasteiger partial charge in [0.15, 0.2) is 0 Å². The summed E-state index contributed by atoms with van der Waals surface area (Å²) in [5, 5.41) is 7.00. The fourth-order valence-corrected chi connectivity index (χ4v) is 0. The summed E-state index contributed by atoms with van der Waals surface area (Å²) in [7, 11) is 1.00. The first-order valence-electron chi connectivity index (χ1n) is 1.58. The number of rotatable bonds is 0.